The van der Waals surface area contributed by atoms with Crippen molar-refractivity contribution in [1.29, 1.82) is 0 Å². The minimum atomic E-state index is 0.528. The van der Waals surface area contributed by atoms with E-state index in [-0.39, 0.29) is 0 Å². The molecule has 0 aromatic rings. The van der Waals surface area contributed by atoms with Crippen LogP contribution in [0.2, 0.25) is 0 Å². The number of rotatable bonds is 5. The van der Waals surface area contributed by atoms with Gasteiger partial charge in [0, 0.05) is 43.3 Å². The van der Waals surface area contributed by atoms with E-state index >= 15 is 0 Å². The highest BCUT2D eigenvalue weighted by molar-refractivity contribution is 8.00. The fourth-order valence-electron chi connectivity index (χ4n) is 1.84. The molecule has 0 aromatic carbocycles. The van der Waals surface area contributed by atoms with Crippen molar-refractivity contribution in [2.75, 3.05) is 32.1 Å². The van der Waals surface area contributed by atoms with Crippen LogP contribution in [0, 0.1) is 0 Å². The van der Waals surface area contributed by atoms with Crippen molar-refractivity contribution in [3.8, 4) is 0 Å². The molecule has 0 spiro atoms. The van der Waals surface area contributed by atoms with Crippen LogP contribution in [0.15, 0.2) is 0 Å². The van der Waals surface area contributed by atoms with Gasteiger partial charge in [0.05, 0.1) is 0 Å². The van der Waals surface area contributed by atoms with E-state index in [0.717, 1.165) is 37.8 Å². The van der Waals surface area contributed by atoms with Gasteiger partial charge in [-0.05, 0) is 32.5 Å². The lowest BCUT2D eigenvalue weighted by Crippen LogP contribution is -2.51. The van der Waals surface area contributed by atoms with Gasteiger partial charge in [0.15, 0.2) is 5.11 Å². The smallest absolute Gasteiger partial charge is 0.169 e. The minimum Gasteiger partial charge on any atom is -0.382 e. The van der Waals surface area contributed by atoms with Crippen LogP contribution >= 0.6 is 24.0 Å². The van der Waals surface area contributed by atoms with Crippen molar-refractivity contribution in [2.24, 2.45) is 0 Å². The summed E-state index contributed by atoms with van der Waals surface area (Å²) in [5.74, 6) is 1.17. The Morgan fingerprint density at radius 2 is 2.29 bits per heavy atom. The van der Waals surface area contributed by atoms with Crippen LogP contribution in [0.5, 0.6) is 0 Å². The summed E-state index contributed by atoms with van der Waals surface area (Å²) < 4.78 is 5.30. The van der Waals surface area contributed by atoms with Gasteiger partial charge in [0.25, 0.3) is 0 Å². The Bertz CT molecular complexity index is 239. The minimum absolute atomic E-state index is 0.528. The fraction of sp³-hybridized carbons (Fsp3) is 0.917. The Labute approximate surface area is 115 Å². The van der Waals surface area contributed by atoms with Gasteiger partial charge in [-0.1, -0.05) is 6.92 Å². The second kappa shape index (κ2) is 8.16. The van der Waals surface area contributed by atoms with E-state index in [0.29, 0.717) is 11.3 Å². The van der Waals surface area contributed by atoms with E-state index in [1.807, 2.05) is 18.7 Å². The van der Waals surface area contributed by atoms with Gasteiger partial charge in [-0.3, -0.25) is 0 Å². The van der Waals surface area contributed by atoms with Crippen molar-refractivity contribution in [3.05, 3.63) is 0 Å². The number of thioether (sulfide) groups is 1. The van der Waals surface area contributed by atoms with Crippen LogP contribution in [0.1, 0.15) is 27.2 Å². The largest absolute Gasteiger partial charge is 0.382 e. The third-order valence-corrected chi connectivity index (χ3v) is 4.81. The van der Waals surface area contributed by atoms with Gasteiger partial charge in [0.1, 0.15) is 0 Å². The molecular formula is C12H24N2OS2. The molecule has 0 saturated carbocycles. The first-order valence-electron chi connectivity index (χ1n) is 6.40. The van der Waals surface area contributed by atoms with Crippen molar-refractivity contribution >= 4 is 29.1 Å². The molecule has 5 heteroatoms. The lowest BCUT2D eigenvalue weighted by molar-refractivity contribution is 0.145. The molecule has 1 N–H and O–H groups in total. The van der Waals surface area contributed by atoms with Gasteiger partial charge in [-0.25, -0.2) is 0 Å². The number of nitrogens with one attached hydrogen (secondary N) is 1. The van der Waals surface area contributed by atoms with Crippen LogP contribution in [-0.4, -0.2) is 53.4 Å². The van der Waals surface area contributed by atoms with Gasteiger partial charge in [0.2, 0.25) is 0 Å². The molecule has 100 valence electrons. The van der Waals surface area contributed by atoms with Crippen molar-refractivity contribution < 1.29 is 4.74 Å². The molecule has 2 atom stereocenters. The zero-order chi connectivity index (χ0) is 12.7. The second-order valence-electron chi connectivity index (χ2n) is 4.29. The lowest BCUT2D eigenvalue weighted by Gasteiger charge is -2.39. The zero-order valence-corrected chi connectivity index (χ0v) is 12.7. The summed E-state index contributed by atoms with van der Waals surface area (Å²) in [7, 11) is 0. The first kappa shape index (κ1) is 15.1. The molecular weight excluding hydrogens is 252 g/mol. The number of ether oxygens (including phenoxy) is 1. The van der Waals surface area contributed by atoms with Gasteiger partial charge in [-0.2, -0.15) is 11.8 Å². The van der Waals surface area contributed by atoms with E-state index in [9.17, 15) is 0 Å². The summed E-state index contributed by atoms with van der Waals surface area (Å²) in [6.45, 7) is 10.1. The molecule has 0 radical (unpaired) electrons. The molecule has 1 heterocycles. The van der Waals surface area contributed by atoms with Gasteiger partial charge < -0.3 is 15.0 Å². The average molecular weight is 276 g/mol. The number of hydrogen-bond donors (Lipinski definition) is 1. The Morgan fingerprint density at radius 1 is 1.53 bits per heavy atom. The number of thiocarbonyl (C=S) groups is 1. The predicted molar refractivity (Wildman–Crippen MR) is 79.8 cm³/mol. The molecule has 0 aromatic heterocycles. The summed E-state index contributed by atoms with van der Waals surface area (Å²) in [6, 6.07) is 0.528. The van der Waals surface area contributed by atoms with Gasteiger partial charge >= 0.3 is 0 Å². The lowest BCUT2D eigenvalue weighted by atomic mass is 10.2. The highest BCUT2D eigenvalue weighted by Crippen LogP contribution is 2.24. The summed E-state index contributed by atoms with van der Waals surface area (Å²) in [6.07, 6.45) is 1.01. The summed E-state index contributed by atoms with van der Waals surface area (Å²) in [5.41, 5.74) is 0. The Balaban J connectivity index is 2.22. The molecule has 0 aliphatic carbocycles. The van der Waals surface area contributed by atoms with Crippen LogP contribution in [0.3, 0.4) is 0 Å². The first-order chi connectivity index (χ1) is 8.16. The molecule has 1 aliphatic heterocycles. The van der Waals surface area contributed by atoms with Gasteiger partial charge in [-0.15, -0.1) is 0 Å². The third-order valence-electron chi connectivity index (χ3n) is 3.09. The normalized spacial score (nSPS) is 24.8. The number of nitrogens with zero attached hydrogens (tertiary/aromatic N) is 1. The highest BCUT2D eigenvalue weighted by atomic mass is 32.2. The zero-order valence-electron chi connectivity index (χ0n) is 11.1. The molecule has 1 fully saturated rings. The van der Waals surface area contributed by atoms with Crippen molar-refractivity contribution in [2.45, 2.75) is 38.5 Å². The van der Waals surface area contributed by atoms with Crippen LogP contribution in [0.4, 0.5) is 0 Å². The molecule has 1 rings (SSSR count). The molecule has 1 aliphatic rings. The van der Waals surface area contributed by atoms with E-state index in [1.165, 1.54) is 5.75 Å². The summed E-state index contributed by atoms with van der Waals surface area (Å²) in [5, 5.41) is 4.89. The van der Waals surface area contributed by atoms with Crippen LogP contribution < -0.4 is 5.32 Å². The van der Waals surface area contributed by atoms with E-state index in [1.54, 1.807) is 0 Å². The maximum atomic E-state index is 5.45. The molecule has 3 nitrogen and oxygen atoms in total. The Hall–Kier alpha value is 0. The maximum absolute atomic E-state index is 5.45. The van der Waals surface area contributed by atoms with E-state index in [4.69, 9.17) is 17.0 Å². The molecule has 0 amide bonds. The summed E-state index contributed by atoms with van der Waals surface area (Å²) >= 11 is 7.48. The molecule has 17 heavy (non-hydrogen) atoms. The Kier molecular flexibility index (Phi) is 7.23. The van der Waals surface area contributed by atoms with Crippen molar-refractivity contribution in [3.63, 3.8) is 0 Å². The quantitative estimate of drug-likeness (QED) is 0.612. The van der Waals surface area contributed by atoms with E-state index < -0.39 is 0 Å². The molecule has 2 unspecified atom stereocenters. The monoisotopic (exact) mass is 276 g/mol. The molecule has 1 saturated heterocycles. The van der Waals surface area contributed by atoms with Crippen LogP contribution in [-0.2, 0) is 4.74 Å². The predicted octanol–water partition coefficient (Wildman–Crippen LogP) is 2.11. The standard InChI is InChI=1S/C12H24N2OS2/c1-4-15-8-5-6-13-12(16)14-7-9-17-11(3)10(14)2/h10-11H,4-9H2,1-3H3,(H,13,16). The fourth-order valence-corrected chi connectivity index (χ4v) is 3.29. The average Bonchev–Trinajstić information content (AvgIpc) is 2.32. The third kappa shape index (κ3) is 5.02. The molecule has 0 bridgehead atoms. The summed E-state index contributed by atoms with van der Waals surface area (Å²) in [4.78, 5) is 2.32. The van der Waals surface area contributed by atoms with Crippen LogP contribution in [0.25, 0.3) is 0 Å². The maximum Gasteiger partial charge on any atom is 0.169 e. The SMILES string of the molecule is CCOCCCNC(=S)N1CCSC(C)C1C. The highest BCUT2D eigenvalue weighted by Gasteiger charge is 2.26. The van der Waals surface area contributed by atoms with Crippen molar-refractivity contribution in [1.82, 2.24) is 10.2 Å². The topological polar surface area (TPSA) is 24.5 Å². The Morgan fingerprint density at radius 3 is 3.00 bits per heavy atom. The first-order valence-corrected chi connectivity index (χ1v) is 7.86. The second-order valence-corrected chi connectivity index (χ2v) is 6.16. The number of hydrogen-bond acceptors (Lipinski definition) is 3. The van der Waals surface area contributed by atoms with E-state index in [2.05, 4.69) is 24.1 Å².